The zero-order valence-electron chi connectivity index (χ0n) is 12.7. The molecule has 1 amide bonds. The molecule has 0 fully saturated rings. The number of carbonyl (C=O) groups is 2. The molecule has 120 valence electrons. The van der Waals surface area contributed by atoms with Crippen LogP contribution in [-0.4, -0.2) is 44.2 Å². The monoisotopic (exact) mass is 323 g/mol. The van der Waals surface area contributed by atoms with E-state index in [4.69, 9.17) is 5.11 Å². The van der Waals surface area contributed by atoms with Crippen LogP contribution in [0.5, 0.6) is 0 Å². The fourth-order valence-corrected chi connectivity index (χ4v) is 2.08. The third kappa shape index (κ3) is 2.98. The number of carbonyl (C=O) groups excluding carboxylic acids is 1. The van der Waals surface area contributed by atoms with E-state index in [-0.39, 0.29) is 17.4 Å². The lowest BCUT2D eigenvalue weighted by molar-refractivity contribution is 0.0696. The highest BCUT2D eigenvalue weighted by atomic mass is 16.4. The van der Waals surface area contributed by atoms with E-state index in [9.17, 15) is 9.59 Å². The van der Waals surface area contributed by atoms with Crippen molar-refractivity contribution >= 4 is 17.8 Å². The van der Waals surface area contributed by atoms with Crippen molar-refractivity contribution in [3.63, 3.8) is 0 Å². The number of anilines is 1. The third-order valence-corrected chi connectivity index (χ3v) is 3.41. The van der Waals surface area contributed by atoms with Crippen molar-refractivity contribution in [3.8, 4) is 11.4 Å². The van der Waals surface area contributed by atoms with E-state index in [2.05, 4.69) is 20.2 Å². The molecule has 3 rings (SSSR count). The van der Waals surface area contributed by atoms with E-state index < -0.39 is 5.97 Å². The second-order valence-electron chi connectivity index (χ2n) is 4.97. The minimum Gasteiger partial charge on any atom is -0.478 e. The number of benzene rings is 1. The Bertz CT molecular complexity index is 874. The van der Waals surface area contributed by atoms with Crippen LogP contribution in [0.15, 0.2) is 48.8 Å². The molecule has 24 heavy (non-hydrogen) atoms. The van der Waals surface area contributed by atoms with Crippen LogP contribution in [0.2, 0.25) is 0 Å². The Balaban J connectivity index is 1.81. The van der Waals surface area contributed by atoms with E-state index in [1.165, 1.54) is 29.2 Å². The van der Waals surface area contributed by atoms with Crippen LogP contribution in [0.3, 0.4) is 0 Å². The molecule has 0 saturated carbocycles. The number of hydrogen-bond acceptors (Lipinski definition) is 5. The number of nitrogens with one attached hydrogen (secondary N) is 1. The number of rotatable bonds is 4. The maximum absolute atomic E-state index is 12.5. The maximum atomic E-state index is 12.5. The lowest BCUT2D eigenvalue weighted by Gasteiger charge is -2.13. The Hall–Kier alpha value is -3.55. The number of nitrogens with zero attached hydrogens (tertiary/aromatic N) is 4. The Morgan fingerprint density at radius 1 is 1.04 bits per heavy atom. The van der Waals surface area contributed by atoms with E-state index in [1.807, 2.05) is 0 Å². The average molecular weight is 323 g/mol. The number of hydrogen-bond donors (Lipinski definition) is 2. The highest BCUT2D eigenvalue weighted by molar-refractivity contribution is 6.05. The lowest BCUT2D eigenvalue weighted by atomic mass is 10.1. The number of H-pyrrole nitrogens is 1. The van der Waals surface area contributed by atoms with Crippen LogP contribution in [0.25, 0.3) is 11.4 Å². The fraction of sp³-hybridized carbons (Fsp3) is 0.0625. The van der Waals surface area contributed by atoms with Crippen LogP contribution < -0.4 is 4.90 Å². The molecule has 0 atom stereocenters. The molecule has 0 unspecified atom stereocenters. The molecular formula is C16H13N5O3. The number of pyridine rings is 1. The molecule has 2 heterocycles. The van der Waals surface area contributed by atoms with Gasteiger partial charge in [-0.25, -0.2) is 9.89 Å². The molecular weight excluding hydrogens is 310 g/mol. The number of aromatic nitrogens is 4. The summed E-state index contributed by atoms with van der Waals surface area (Å²) in [4.78, 5) is 32.8. The van der Waals surface area contributed by atoms with Gasteiger partial charge in [-0.3, -0.25) is 14.7 Å². The molecule has 8 nitrogen and oxygen atoms in total. The third-order valence-electron chi connectivity index (χ3n) is 3.41. The second kappa shape index (κ2) is 6.29. The smallest absolute Gasteiger partial charge is 0.335 e. The molecule has 3 aromatic rings. The summed E-state index contributed by atoms with van der Waals surface area (Å²) in [5.74, 6) is -0.633. The van der Waals surface area contributed by atoms with Crippen molar-refractivity contribution in [1.82, 2.24) is 20.2 Å². The molecule has 2 N–H and O–H groups in total. The lowest BCUT2D eigenvalue weighted by Crippen LogP contribution is -2.27. The molecule has 8 heteroatoms. The first-order valence-corrected chi connectivity index (χ1v) is 7.00. The van der Waals surface area contributed by atoms with Crippen LogP contribution in [0.4, 0.5) is 5.95 Å². The van der Waals surface area contributed by atoms with Crippen LogP contribution in [0, 0.1) is 0 Å². The standard InChI is InChI=1S/C16H13N5O3/c1-21(14(22)11-2-4-12(5-3-11)15(23)24)16-18-13(19-20-16)10-6-8-17-9-7-10/h2-9H,1H3,(H,23,24)(H,18,19,20). The number of aromatic amines is 1. The number of carboxylic acid groups (broad SMARTS) is 1. The van der Waals surface area contributed by atoms with Gasteiger partial charge in [0.1, 0.15) is 0 Å². The minimum absolute atomic E-state index is 0.119. The van der Waals surface area contributed by atoms with Crippen molar-refractivity contribution in [2.75, 3.05) is 11.9 Å². The van der Waals surface area contributed by atoms with Gasteiger partial charge in [-0.15, -0.1) is 0 Å². The first-order valence-electron chi connectivity index (χ1n) is 7.00. The van der Waals surface area contributed by atoms with Crippen molar-refractivity contribution in [2.24, 2.45) is 0 Å². The summed E-state index contributed by atoms with van der Waals surface area (Å²) >= 11 is 0. The fourth-order valence-electron chi connectivity index (χ4n) is 2.08. The minimum atomic E-state index is -1.04. The SMILES string of the molecule is CN(C(=O)c1ccc(C(=O)O)cc1)c1nc(-c2ccncc2)n[nH]1. The molecule has 0 spiro atoms. The molecule has 0 bridgehead atoms. The second-order valence-corrected chi connectivity index (χ2v) is 4.97. The van der Waals surface area contributed by atoms with Gasteiger partial charge >= 0.3 is 5.97 Å². The maximum Gasteiger partial charge on any atom is 0.335 e. The van der Waals surface area contributed by atoms with Gasteiger partial charge in [0.25, 0.3) is 5.91 Å². The number of amides is 1. The van der Waals surface area contributed by atoms with Crippen molar-refractivity contribution in [3.05, 3.63) is 59.9 Å². The van der Waals surface area contributed by atoms with Crippen molar-refractivity contribution < 1.29 is 14.7 Å². The summed E-state index contributed by atoms with van der Waals surface area (Å²) in [5, 5.41) is 15.7. The van der Waals surface area contributed by atoms with Crippen LogP contribution in [0.1, 0.15) is 20.7 Å². The highest BCUT2D eigenvalue weighted by Gasteiger charge is 2.18. The summed E-state index contributed by atoms with van der Waals surface area (Å²) in [6.45, 7) is 0. The highest BCUT2D eigenvalue weighted by Crippen LogP contribution is 2.17. The first-order chi connectivity index (χ1) is 11.6. The van der Waals surface area contributed by atoms with E-state index >= 15 is 0 Å². The van der Waals surface area contributed by atoms with E-state index in [0.29, 0.717) is 11.4 Å². The Kier molecular flexibility index (Phi) is 4.02. The van der Waals surface area contributed by atoms with Gasteiger partial charge in [-0.1, -0.05) is 0 Å². The Morgan fingerprint density at radius 2 is 1.67 bits per heavy atom. The largest absolute Gasteiger partial charge is 0.478 e. The topological polar surface area (TPSA) is 112 Å². The summed E-state index contributed by atoms with van der Waals surface area (Å²) in [6, 6.07) is 9.21. The zero-order chi connectivity index (χ0) is 17.1. The molecule has 2 aromatic heterocycles. The first kappa shape index (κ1) is 15.3. The van der Waals surface area contributed by atoms with Gasteiger partial charge in [0.05, 0.1) is 5.56 Å². The van der Waals surface area contributed by atoms with Crippen molar-refractivity contribution in [1.29, 1.82) is 0 Å². The summed E-state index contributed by atoms with van der Waals surface area (Å²) in [6.07, 6.45) is 3.26. The van der Waals surface area contributed by atoms with E-state index in [1.54, 1.807) is 31.6 Å². The molecule has 0 aliphatic carbocycles. The van der Waals surface area contributed by atoms with Gasteiger partial charge < -0.3 is 5.11 Å². The van der Waals surface area contributed by atoms with Crippen molar-refractivity contribution in [2.45, 2.75) is 0 Å². The molecule has 0 saturated heterocycles. The normalized spacial score (nSPS) is 10.4. The molecule has 1 aromatic carbocycles. The molecule has 0 aliphatic rings. The average Bonchev–Trinajstić information content (AvgIpc) is 3.11. The van der Waals surface area contributed by atoms with Gasteiger partial charge in [0.15, 0.2) is 5.82 Å². The quantitative estimate of drug-likeness (QED) is 0.757. The summed E-state index contributed by atoms with van der Waals surface area (Å²) in [7, 11) is 1.56. The predicted octanol–water partition coefficient (Wildman–Crippen LogP) is 1.84. The van der Waals surface area contributed by atoms with Crippen LogP contribution >= 0.6 is 0 Å². The number of carboxylic acids is 1. The zero-order valence-corrected chi connectivity index (χ0v) is 12.7. The Labute approximate surface area is 136 Å². The predicted molar refractivity (Wildman–Crippen MR) is 85.7 cm³/mol. The van der Waals surface area contributed by atoms with Gasteiger partial charge in [0.2, 0.25) is 5.95 Å². The summed E-state index contributed by atoms with van der Waals surface area (Å²) < 4.78 is 0. The molecule has 0 aliphatic heterocycles. The van der Waals surface area contributed by atoms with Crippen LogP contribution in [-0.2, 0) is 0 Å². The number of aromatic carboxylic acids is 1. The van der Waals surface area contributed by atoms with E-state index in [0.717, 1.165) is 5.56 Å². The van der Waals surface area contributed by atoms with Gasteiger partial charge in [-0.05, 0) is 36.4 Å². The van der Waals surface area contributed by atoms with Gasteiger partial charge in [0, 0.05) is 30.6 Å². The summed E-state index contributed by atoms with van der Waals surface area (Å²) in [5.41, 5.74) is 1.25. The van der Waals surface area contributed by atoms with Gasteiger partial charge in [-0.2, -0.15) is 10.1 Å². The molecule has 0 radical (unpaired) electrons. The Morgan fingerprint density at radius 3 is 2.29 bits per heavy atom.